The number of aliphatic imine (C=N–C) groups is 1. The Balaban J connectivity index is 0.00000242. The Morgan fingerprint density at radius 1 is 1.41 bits per heavy atom. The first-order chi connectivity index (χ1) is 10.2. The van der Waals surface area contributed by atoms with Gasteiger partial charge in [-0.1, -0.05) is 31.2 Å². The number of halogens is 1. The molecule has 1 aromatic rings. The lowest BCUT2D eigenvalue weighted by Gasteiger charge is -2.33. The minimum atomic E-state index is 0. The maximum atomic E-state index is 5.18. The highest BCUT2D eigenvalue weighted by molar-refractivity contribution is 14.0. The van der Waals surface area contributed by atoms with E-state index in [4.69, 9.17) is 4.74 Å². The fourth-order valence-corrected chi connectivity index (χ4v) is 2.89. The van der Waals surface area contributed by atoms with Gasteiger partial charge in [-0.3, -0.25) is 4.99 Å². The van der Waals surface area contributed by atoms with Gasteiger partial charge in [-0.2, -0.15) is 0 Å². The lowest BCUT2D eigenvalue weighted by molar-refractivity contribution is 0.185. The van der Waals surface area contributed by atoms with Crippen LogP contribution < -0.4 is 5.32 Å². The van der Waals surface area contributed by atoms with Crippen LogP contribution in [0, 0.1) is 5.92 Å². The van der Waals surface area contributed by atoms with E-state index in [2.05, 4.69) is 46.4 Å². The maximum absolute atomic E-state index is 5.18. The summed E-state index contributed by atoms with van der Waals surface area (Å²) in [6.07, 6.45) is 2.58. The standard InChI is InChI=1S/C17H27N3O.HI/c1-14-6-5-9-20(12-14)17(18-2)19-11-15-7-4-8-16(10-15)13-21-3;/h4,7-8,10,14H,5-6,9,11-13H2,1-3H3,(H,18,19);1H. The Bertz CT molecular complexity index is 479. The van der Waals surface area contributed by atoms with Crippen molar-refractivity contribution in [2.24, 2.45) is 10.9 Å². The molecule has 1 atom stereocenters. The van der Waals surface area contributed by atoms with Gasteiger partial charge < -0.3 is 15.0 Å². The van der Waals surface area contributed by atoms with Crippen LogP contribution in [0.2, 0.25) is 0 Å². The molecule has 0 aromatic heterocycles. The van der Waals surface area contributed by atoms with E-state index in [1.807, 2.05) is 7.05 Å². The summed E-state index contributed by atoms with van der Waals surface area (Å²) < 4.78 is 5.18. The van der Waals surface area contributed by atoms with Crippen molar-refractivity contribution in [2.75, 3.05) is 27.2 Å². The van der Waals surface area contributed by atoms with E-state index >= 15 is 0 Å². The van der Waals surface area contributed by atoms with Gasteiger partial charge in [0.1, 0.15) is 0 Å². The number of piperidine rings is 1. The van der Waals surface area contributed by atoms with Gasteiger partial charge in [-0.25, -0.2) is 0 Å². The Morgan fingerprint density at radius 3 is 2.86 bits per heavy atom. The number of hydrogen-bond donors (Lipinski definition) is 1. The van der Waals surface area contributed by atoms with Crippen molar-refractivity contribution in [2.45, 2.75) is 32.9 Å². The van der Waals surface area contributed by atoms with Crippen LogP contribution in [0.1, 0.15) is 30.9 Å². The van der Waals surface area contributed by atoms with Crippen LogP contribution in [0.15, 0.2) is 29.3 Å². The van der Waals surface area contributed by atoms with E-state index in [-0.39, 0.29) is 24.0 Å². The van der Waals surface area contributed by atoms with Crippen molar-refractivity contribution >= 4 is 29.9 Å². The first kappa shape index (κ1) is 19.2. The van der Waals surface area contributed by atoms with Gasteiger partial charge in [0.05, 0.1) is 6.61 Å². The van der Waals surface area contributed by atoms with E-state index in [0.717, 1.165) is 31.5 Å². The smallest absolute Gasteiger partial charge is 0.193 e. The highest BCUT2D eigenvalue weighted by Gasteiger charge is 2.18. The zero-order valence-electron chi connectivity index (χ0n) is 13.8. The molecule has 1 unspecified atom stereocenters. The van der Waals surface area contributed by atoms with Gasteiger partial charge in [0.15, 0.2) is 5.96 Å². The van der Waals surface area contributed by atoms with Gasteiger partial charge in [-0.05, 0) is 29.9 Å². The summed E-state index contributed by atoms with van der Waals surface area (Å²) in [5, 5.41) is 3.48. The van der Waals surface area contributed by atoms with Gasteiger partial charge in [0, 0.05) is 33.8 Å². The number of methoxy groups -OCH3 is 1. The molecule has 1 aliphatic rings. The van der Waals surface area contributed by atoms with Crippen LogP contribution in [-0.4, -0.2) is 38.1 Å². The summed E-state index contributed by atoms with van der Waals surface area (Å²) in [6.45, 7) is 5.98. The van der Waals surface area contributed by atoms with Crippen molar-refractivity contribution in [1.29, 1.82) is 0 Å². The Morgan fingerprint density at radius 2 is 2.18 bits per heavy atom. The summed E-state index contributed by atoms with van der Waals surface area (Å²) in [4.78, 5) is 6.79. The van der Waals surface area contributed by atoms with Crippen molar-refractivity contribution in [1.82, 2.24) is 10.2 Å². The zero-order chi connectivity index (χ0) is 15.1. The average Bonchev–Trinajstić information content (AvgIpc) is 2.49. The van der Waals surface area contributed by atoms with Gasteiger partial charge in [0.25, 0.3) is 0 Å². The van der Waals surface area contributed by atoms with E-state index < -0.39 is 0 Å². The normalized spacial score (nSPS) is 18.8. The lowest BCUT2D eigenvalue weighted by Crippen LogP contribution is -2.45. The third-order valence-electron chi connectivity index (χ3n) is 3.92. The highest BCUT2D eigenvalue weighted by atomic mass is 127. The molecule has 1 saturated heterocycles. The van der Waals surface area contributed by atoms with Crippen LogP contribution in [0.5, 0.6) is 0 Å². The number of nitrogens with one attached hydrogen (secondary N) is 1. The molecule has 1 fully saturated rings. The highest BCUT2D eigenvalue weighted by Crippen LogP contribution is 2.15. The number of likely N-dealkylation sites (tertiary alicyclic amines) is 1. The van der Waals surface area contributed by atoms with Crippen molar-refractivity contribution in [3.05, 3.63) is 35.4 Å². The SMILES string of the molecule is CN=C(NCc1cccc(COC)c1)N1CCCC(C)C1.I. The van der Waals surface area contributed by atoms with Crippen LogP contribution in [0.4, 0.5) is 0 Å². The number of guanidine groups is 1. The quantitative estimate of drug-likeness (QED) is 0.464. The van der Waals surface area contributed by atoms with Gasteiger partial charge in [-0.15, -0.1) is 24.0 Å². The molecule has 4 nitrogen and oxygen atoms in total. The number of rotatable bonds is 4. The molecule has 0 amide bonds. The summed E-state index contributed by atoms with van der Waals surface area (Å²) in [5.41, 5.74) is 2.47. The minimum Gasteiger partial charge on any atom is -0.380 e. The fraction of sp³-hybridized carbons (Fsp3) is 0.588. The van der Waals surface area contributed by atoms with Crippen molar-refractivity contribution < 1.29 is 4.74 Å². The first-order valence-electron chi connectivity index (χ1n) is 7.75. The van der Waals surface area contributed by atoms with E-state index in [1.165, 1.54) is 24.0 Å². The molecule has 1 aliphatic heterocycles. The molecule has 22 heavy (non-hydrogen) atoms. The molecule has 0 radical (unpaired) electrons. The van der Waals surface area contributed by atoms with Crippen LogP contribution in [-0.2, 0) is 17.9 Å². The van der Waals surface area contributed by atoms with Crippen molar-refractivity contribution in [3.63, 3.8) is 0 Å². The first-order valence-corrected chi connectivity index (χ1v) is 7.75. The summed E-state index contributed by atoms with van der Waals surface area (Å²) in [6, 6.07) is 8.49. The predicted molar refractivity (Wildman–Crippen MR) is 103 cm³/mol. The van der Waals surface area contributed by atoms with E-state index in [9.17, 15) is 0 Å². The molecule has 0 aliphatic carbocycles. The summed E-state index contributed by atoms with van der Waals surface area (Å²) in [7, 11) is 3.59. The molecule has 0 spiro atoms. The molecular formula is C17H28IN3O. The molecule has 1 N–H and O–H groups in total. The topological polar surface area (TPSA) is 36.9 Å². The molecular weight excluding hydrogens is 389 g/mol. The summed E-state index contributed by atoms with van der Waals surface area (Å²) in [5.74, 6) is 1.76. The lowest BCUT2D eigenvalue weighted by atomic mass is 10.0. The van der Waals surface area contributed by atoms with Crippen LogP contribution in [0.25, 0.3) is 0 Å². The van der Waals surface area contributed by atoms with E-state index in [0.29, 0.717) is 6.61 Å². The van der Waals surface area contributed by atoms with E-state index in [1.54, 1.807) is 7.11 Å². The largest absolute Gasteiger partial charge is 0.380 e. The van der Waals surface area contributed by atoms with Crippen LogP contribution >= 0.6 is 24.0 Å². The monoisotopic (exact) mass is 417 g/mol. The maximum Gasteiger partial charge on any atom is 0.193 e. The molecule has 0 bridgehead atoms. The number of benzene rings is 1. The fourth-order valence-electron chi connectivity index (χ4n) is 2.89. The van der Waals surface area contributed by atoms with Gasteiger partial charge >= 0.3 is 0 Å². The molecule has 1 aromatic carbocycles. The molecule has 2 rings (SSSR count). The number of nitrogens with zero attached hydrogens (tertiary/aromatic N) is 2. The number of ether oxygens (including phenoxy) is 1. The Hall–Kier alpha value is -0.820. The van der Waals surface area contributed by atoms with Crippen molar-refractivity contribution in [3.8, 4) is 0 Å². The molecule has 5 heteroatoms. The Kier molecular flexibility index (Phi) is 8.78. The summed E-state index contributed by atoms with van der Waals surface area (Å²) >= 11 is 0. The predicted octanol–water partition coefficient (Wildman–Crippen LogP) is 3.26. The second-order valence-corrected chi connectivity index (χ2v) is 5.85. The average molecular weight is 417 g/mol. The van der Waals surface area contributed by atoms with Crippen LogP contribution in [0.3, 0.4) is 0 Å². The second-order valence-electron chi connectivity index (χ2n) is 5.85. The molecule has 124 valence electrons. The molecule has 0 saturated carbocycles. The Labute approximate surface area is 151 Å². The molecule has 1 heterocycles. The minimum absolute atomic E-state index is 0. The van der Waals surface area contributed by atoms with Gasteiger partial charge in [0.2, 0.25) is 0 Å². The second kappa shape index (κ2) is 10.0. The zero-order valence-corrected chi connectivity index (χ0v) is 16.2. The third-order valence-corrected chi connectivity index (χ3v) is 3.92. The third kappa shape index (κ3) is 5.76. The number of hydrogen-bond acceptors (Lipinski definition) is 2.